The summed E-state index contributed by atoms with van der Waals surface area (Å²) in [5.41, 5.74) is -0.625. The van der Waals surface area contributed by atoms with Crippen LogP contribution in [0.2, 0.25) is 0 Å². The molecule has 0 spiro atoms. The van der Waals surface area contributed by atoms with Crippen molar-refractivity contribution in [2.24, 2.45) is 5.41 Å². The highest BCUT2D eigenvalue weighted by Gasteiger charge is 2.37. The van der Waals surface area contributed by atoms with Gasteiger partial charge in [0.25, 0.3) is 0 Å². The fourth-order valence-electron chi connectivity index (χ4n) is 2.75. The number of carbonyl (C=O) groups excluding carboxylic acids is 1. The molecule has 1 aliphatic heterocycles. The molecule has 1 amide bonds. The number of carboxylic acids is 1. The molecule has 0 aliphatic carbocycles. The van der Waals surface area contributed by atoms with Crippen LogP contribution in [-0.4, -0.2) is 61.0 Å². The Morgan fingerprint density at radius 3 is 2.52 bits per heavy atom. The Bertz CT molecular complexity index is 570. The minimum absolute atomic E-state index is 0.371. The van der Waals surface area contributed by atoms with Gasteiger partial charge in [-0.05, 0) is 30.5 Å². The van der Waals surface area contributed by atoms with E-state index >= 15 is 0 Å². The Morgan fingerprint density at radius 1 is 1.28 bits per heavy atom. The summed E-state index contributed by atoms with van der Waals surface area (Å²) in [6, 6.07) is 7.52. The van der Waals surface area contributed by atoms with Crippen molar-refractivity contribution in [3.8, 4) is 5.75 Å². The van der Waals surface area contributed by atoms with E-state index in [1.54, 1.807) is 30.3 Å². The SMILES string of the molecule is CC(C)(CCN1CCOCC1)C(NC(=O)Oc1ccccc1)C(=O)O. The molecule has 1 atom stereocenters. The lowest BCUT2D eigenvalue weighted by molar-refractivity contribution is -0.142. The number of aliphatic carboxylic acids is 1. The molecule has 25 heavy (non-hydrogen) atoms. The first-order valence-electron chi connectivity index (χ1n) is 8.45. The van der Waals surface area contributed by atoms with Crippen molar-refractivity contribution in [3.63, 3.8) is 0 Å². The number of nitrogens with one attached hydrogen (secondary N) is 1. The highest BCUT2D eigenvalue weighted by molar-refractivity contribution is 5.81. The van der Waals surface area contributed by atoms with E-state index in [0.717, 1.165) is 19.6 Å². The Hall–Kier alpha value is -2.12. The third kappa shape index (κ3) is 6.03. The van der Waals surface area contributed by atoms with Crippen molar-refractivity contribution in [1.29, 1.82) is 0 Å². The molecule has 2 N–H and O–H groups in total. The molecule has 138 valence electrons. The first-order valence-corrected chi connectivity index (χ1v) is 8.45. The minimum atomic E-state index is -1.07. The van der Waals surface area contributed by atoms with Crippen LogP contribution < -0.4 is 10.1 Å². The summed E-state index contributed by atoms with van der Waals surface area (Å²) in [5, 5.41) is 12.0. The lowest BCUT2D eigenvalue weighted by atomic mass is 9.81. The summed E-state index contributed by atoms with van der Waals surface area (Å²) in [4.78, 5) is 26.0. The Morgan fingerprint density at radius 2 is 1.92 bits per heavy atom. The molecule has 1 aliphatic rings. The van der Waals surface area contributed by atoms with E-state index in [0.29, 0.717) is 25.4 Å². The molecule has 1 saturated heterocycles. The fraction of sp³-hybridized carbons (Fsp3) is 0.556. The number of para-hydroxylation sites is 1. The zero-order chi connectivity index (χ0) is 18.3. The van der Waals surface area contributed by atoms with Crippen LogP contribution in [0.5, 0.6) is 5.75 Å². The topological polar surface area (TPSA) is 88.1 Å². The van der Waals surface area contributed by atoms with Crippen molar-refractivity contribution < 1.29 is 24.2 Å². The van der Waals surface area contributed by atoms with E-state index in [1.807, 2.05) is 13.8 Å². The quantitative estimate of drug-likeness (QED) is 0.782. The van der Waals surface area contributed by atoms with Gasteiger partial charge >= 0.3 is 12.1 Å². The molecule has 0 saturated carbocycles. The second-order valence-corrected chi connectivity index (χ2v) is 6.81. The zero-order valence-electron chi connectivity index (χ0n) is 14.7. The summed E-state index contributed by atoms with van der Waals surface area (Å²) in [6.07, 6.45) is -0.131. The van der Waals surface area contributed by atoms with Gasteiger partial charge in [-0.2, -0.15) is 0 Å². The van der Waals surface area contributed by atoms with Crippen LogP contribution in [0, 0.1) is 5.41 Å². The highest BCUT2D eigenvalue weighted by Crippen LogP contribution is 2.26. The van der Waals surface area contributed by atoms with Crippen LogP contribution in [0.1, 0.15) is 20.3 Å². The predicted octanol–water partition coefficient (Wildman–Crippen LogP) is 1.98. The van der Waals surface area contributed by atoms with E-state index in [1.165, 1.54) is 0 Å². The Balaban J connectivity index is 1.92. The number of carboxylic acid groups (broad SMARTS) is 1. The second-order valence-electron chi connectivity index (χ2n) is 6.81. The molecule has 1 heterocycles. The van der Waals surface area contributed by atoms with Gasteiger partial charge in [-0.3, -0.25) is 4.90 Å². The van der Waals surface area contributed by atoms with Gasteiger partial charge in [-0.25, -0.2) is 9.59 Å². The molecule has 1 fully saturated rings. The zero-order valence-corrected chi connectivity index (χ0v) is 14.7. The van der Waals surface area contributed by atoms with E-state index in [9.17, 15) is 14.7 Å². The maximum Gasteiger partial charge on any atom is 0.413 e. The lowest BCUT2D eigenvalue weighted by Crippen LogP contribution is -2.52. The summed E-state index contributed by atoms with van der Waals surface area (Å²) in [7, 11) is 0. The number of hydrogen-bond donors (Lipinski definition) is 2. The van der Waals surface area contributed by atoms with E-state index < -0.39 is 23.5 Å². The summed E-state index contributed by atoms with van der Waals surface area (Å²) >= 11 is 0. The standard InChI is InChI=1S/C18H26N2O5/c1-18(2,8-9-20-10-12-24-13-11-20)15(16(21)22)19-17(23)25-14-6-4-3-5-7-14/h3-7,15H,8-13H2,1-2H3,(H,19,23)(H,21,22). The van der Waals surface area contributed by atoms with Gasteiger partial charge in [0.1, 0.15) is 11.8 Å². The summed E-state index contributed by atoms with van der Waals surface area (Å²) in [5.74, 6) is -0.702. The molecule has 1 aromatic carbocycles. The van der Waals surface area contributed by atoms with Gasteiger partial charge < -0.3 is 19.9 Å². The lowest BCUT2D eigenvalue weighted by Gasteiger charge is -2.35. The van der Waals surface area contributed by atoms with E-state index in [2.05, 4.69) is 10.2 Å². The van der Waals surface area contributed by atoms with Gasteiger partial charge in [0.2, 0.25) is 0 Å². The Labute approximate surface area is 147 Å². The maximum absolute atomic E-state index is 12.1. The summed E-state index contributed by atoms with van der Waals surface area (Å²) in [6.45, 7) is 7.53. The molecule has 1 aromatic rings. The first-order chi connectivity index (χ1) is 11.9. The van der Waals surface area contributed by atoms with Crippen molar-refractivity contribution in [3.05, 3.63) is 30.3 Å². The fourth-order valence-corrected chi connectivity index (χ4v) is 2.75. The molecular weight excluding hydrogens is 324 g/mol. The third-order valence-corrected chi connectivity index (χ3v) is 4.42. The third-order valence-electron chi connectivity index (χ3n) is 4.42. The molecule has 0 radical (unpaired) electrons. The maximum atomic E-state index is 12.1. The van der Waals surface area contributed by atoms with Crippen LogP contribution in [0.15, 0.2) is 30.3 Å². The van der Waals surface area contributed by atoms with Crippen LogP contribution in [0.3, 0.4) is 0 Å². The molecule has 7 heteroatoms. The number of rotatable bonds is 7. The number of amides is 1. The summed E-state index contributed by atoms with van der Waals surface area (Å²) < 4.78 is 10.5. The second kappa shape index (κ2) is 8.82. The first kappa shape index (κ1) is 19.2. The smallest absolute Gasteiger partial charge is 0.413 e. The molecule has 7 nitrogen and oxygen atoms in total. The van der Waals surface area contributed by atoms with Crippen LogP contribution in [0.25, 0.3) is 0 Å². The number of benzene rings is 1. The van der Waals surface area contributed by atoms with Gasteiger partial charge in [-0.15, -0.1) is 0 Å². The molecule has 2 rings (SSSR count). The predicted molar refractivity (Wildman–Crippen MR) is 92.7 cm³/mol. The number of ether oxygens (including phenoxy) is 2. The molecule has 0 aromatic heterocycles. The van der Waals surface area contributed by atoms with Crippen LogP contribution in [0.4, 0.5) is 4.79 Å². The normalized spacial score (nSPS) is 16.9. The number of morpholine rings is 1. The average Bonchev–Trinajstić information content (AvgIpc) is 2.59. The highest BCUT2D eigenvalue weighted by atomic mass is 16.6. The van der Waals surface area contributed by atoms with E-state index in [4.69, 9.17) is 9.47 Å². The molecule has 1 unspecified atom stereocenters. The van der Waals surface area contributed by atoms with Crippen LogP contribution >= 0.6 is 0 Å². The number of hydrogen-bond acceptors (Lipinski definition) is 5. The average molecular weight is 350 g/mol. The van der Waals surface area contributed by atoms with Crippen molar-refractivity contribution in [2.75, 3.05) is 32.8 Å². The van der Waals surface area contributed by atoms with Gasteiger partial charge in [0.05, 0.1) is 13.2 Å². The number of nitrogens with zero attached hydrogens (tertiary/aromatic N) is 1. The largest absolute Gasteiger partial charge is 0.480 e. The van der Waals surface area contributed by atoms with Crippen molar-refractivity contribution in [2.45, 2.75) is 26.3 Å². The van der Waals surface area contributed by atoms with Gasteiger partial charge in [0, 0.05) is 13.1 Å². The monoisotopic (exact) mass is 350 g/mol. The van der Waals surface area contributed by atoms with E-state index in [-0.39, 0.29) is 0 Å². The molecule has 0 bridgehead atoms. The van der Waals surface area contributed by atoms with Gasteiger partial charge in [-0.1, -0.05) is 32.0 Å². The minimum Gasteiger partial charge on any atom is -0.480 e. The van der Waals surface area contributed by atoms with Crippen molar-refractivity contribution in [1.82, 2.24) is 10.2 Å². The van der Waals surface area contributed by atoms with Crippen molar-refractivity contribution >= 4 is 12.1 Å². The molecular formula is C18H26N2O5. The van der Waals surface area contributed by atoms with Crippen LogP contribution in [-0.2, 0) is 9.53 Å². The number of carbonyl (C=O) groups is 2. The van der Waals surface area contributed by atoms with Gasteiger partial charge in [0.15, 0.2) is 0 Å². The Kier molecular flexibility index (Phi) is 6.78.